The van der Waals surface area contributed by atoms with Gasteiger partial charge in [0.15, 0.2) is 6.10 Å². The lowest BCUT2D eigenvalue weighted by Crippen LogP contribution is -2.37. The van der Waals surface area contributed by atoms with Crippen LogP contribution in [0.5, 0.6) is 5.75 Å². The molecule has 20 heavy (non-hydrogen) atoms. The van der Waals surface area contributed by atoms with Crippen molar-refractivity contribution in [2.24, 2.45) is 0 Å². The van der Waals surface area contributed by atoms with E-state index in [9.17, 15) is 4.79 Å². The maximum atomic E-state index is 12.0. The molecule has 0 aliphatic heterocycles. The predicted octanol–water partition coefficient (Wildman–Crippen LogP) is 1.94. The fourth-order valence-electron chi connectivity index (χ4n) is 2.82. The van der Waals surface area contributed by atoms with Gasteiger partial charge in [-0.1, -0.05) is 12.1 Å². The van der Waals surface area contributed by atoms with Crippen LogP contribution in [0.1, 0.15) is 43.4 Å². The molecule has 0 bridgehead atoms. The van der Waals surface area contributed by atoms with E-state index in [0.717, 1.165) is 31.4 Å². The number of hydrogen-bond donors (Lipinski definition) is 2. The number of rotatable bonds is 5. The Balaban J connectivity index is 1.71. The van der Waals surface area contributed by atoms with E-state index in [1.54, 1.807) is 0 Å². The van der Waals surface area contributed by atoms with Crippen LogP contribution in [0.2, 0.25) is 0 Å². The highest BCUT2D eigenvalue weighted by molar-refractivity contribution is 5.81. The van der Waals surface area contributed by atoms with E-state index in [2.05, 4.69) is 16.7 Å². The number of fused-ring (bicyclic) bond motifs is 1. The largest absolute Gasteiger partial charge is 0.481 e. The van der Waals surface area contributed by atoms with Crippen molar-refractivity contribution in [3.8, 4) is 5.75 Å². The van der Waals surface area contributed by atoms with Crippen LogP contribution in [-0.2, 0) is 11.2 Å². The third-order valence-corrected chi connectivity index (χ3v) is 4.17. The van der Waals surface area contributed by atoms with Gasteiger partial charge < -0.3 is 15.4 Å². The maximum absolute atomic E-state index is 12.0. The number of amides is 1. The fourth-order valence-corrected chi connectivity index (χ4v) is 2.82. The molecule has 2 aliphatic carbocycles. The van der Waals surface area contributed by atoms with Crippen molar-refractivity contribution in [1.29, 1.82) is 0 Å². The minimum atomic E-state index is -0.435. The van der Waals surface area contributed by atoms with Crippen molar-refractivity contribution in [2.75, 3.05) is 7.05 Å². The summed E-state index contributed by atoms with van der Waals surface area (Å²) in [6, 6.07) is 6.91. The lowest BCUT2D eigenvalue weighted by Gasteiger charge is -2.17. The van der Waals surface area contributed by atoms with Crippen molar-refractivity contribution in [1.82, 2.24) is 10.6 Å². The molecular formula is C16H22N2O2. The zero-order valence-electron chi connectivity index (χ0n) is 12.1. The van der Waals surface area contributed by atoms with Crippen LogP contribution in [-0.4, -0.2) is 25.1 Å². The number of carbonyl (C=O) groups is 1. The van der Waals surface area contributed by atoms with Crippen LogP contribution in [0.3, 0.4) is 0 Å². The van der Waals surface area contributed by atoms with Gasteiger partial charge in [0.25, 0.3) is 5.91 Å². The van der Waals surface area contributed by atoms with Crippen LogP contribution in [0.4, 0.5) is 0 Å². The minimum Gasteiger partial charge on any atom is -0.481 e. The van der Waals surface area contributed by atoms with Gasteiger partial charge in [-0.25, -0.2) is 0 Å². The molecule has 4 heteroatoms. The highest BCUT2D eigenvalue weighted by Crippen LogP contribution is 2.37. The predicted molar refractivity (Wildman–Crippen MR) is 77.8 cm³/mol. The summed E-state index contributed by atoms with van der Waals surface area (Å²) in [6.07, 6.45) is 3.87. The zero-order valence-corrected chi connectivity index (χ0v) is 12.1. The molecule has 108 valence electrons. The van der Waals surface area contributed by atoms with Crippen LogP contribution >= 0.6 is 0 Å². The molecule has 2 unspecified atom stereocenters. The van der Waals surface area contributed by atoms with Crippen molar-refractivity contribution < 1.29 is 9.53 Å². The molecule has 3 rings (SSSR count). The maximum Gasteiger partial charge on any atom is 0.260 e. The Morgan fingerprint density at radius 1 is 1.35 bits per heavy atom. The molecule has 0 saturated heterocycles. The van der Waals surface area contributed by atoms with Gasteiger partial charge in [0.1, 0.15) is 5.75 Å². The average Bonchev–Trinajstić information content (AvgIpc) is 3.15. The number of ether oxygens (including phenoxy) is 1. The monoisotopic (exact) mass is 274 g/mol. The van der Waals surface area contributed by atoms with Gasteiger partial charge >= 0.3 is 0 Å². The minimum absolute atomic E-state index is 0.00623. The summed E-state index contributed by atoms with van der Waals surface area (Å²) in [5, 5.41) is 6.31. The van der Waals surface area contributed by atoms with Gasteiger partial charge in [0, 0.05) is 12.1 Å². The standard InChI is InChI=1S/C16H22N2O2/c1-10(16(19)18-11-6-7-11)20-15-5-3-4-12-13(15)8-9-14(12)17-2/h3-5,10-11,14,17H,6-9H2,1-2H3,(H,18,19). The van der Waals surface area contributed by atoms with E-state index in [0.29, 0.717) is 12.1 Å². The zero-order chi connectivity index (χ0) is 14.1. The number of hydrogen-bond acceptors (Lipinski definition) is 3. The molecule has 0 heterocycles. The molecule has 0 spiro atoms. The van der Waals surface area contributed by atoms with Crippen molar-refractivity contribution >= 4 is 5.91 Å². The molecule has 1 aromatic carbocycles. The Morgan fingerprint density at radius 3 is 2.85 bits per heavy atom. The van der Waals surface area contributed by atoms with E-state index in [1.165, 1.54) is 11.1 Å². The molecule has 1 amide bonds. The highest BCUT2D eigenvalue weighted by atomic mass is 16.5. The fraction of sp³-hybridized carbons (Fsp3) is 0.562. The Kier molecular flexibility index (Phi) is 3.66. The normalized spacial score (nSPS) is 22.2. The third kappa shape index (κ3) is 2.66. The van der Waals surface area contributed by atoms with Gasteiger partial charge in [-0.15, -0.1) is 0 Å². The summed E-state index contributed by atoms with van der Waals surface area (Å²) in [5.41, 5.74) is 2.55. The molecule has 2 aliphatic rings. The topological polar surface area (TPSA) is 50.4 Å². The SMILES string of the molecule is CNC1CCc2c(OC(C)C(=O)NC3CC3)cccc21. The van der Waals surface area contributed by atoms with Gasteiger partial charge in [-0.2, -0.15) is 0 Å². The molecule has 2 atom stereocenters. The number of benzene rings is 1. The van der Waals surface area contributed by atoms with Crippen LogP contribution in [0.25, 0.3) is 0 Å². The first-order valence-corrected chi connectivity index (χ1v) is 7.45. The Bertz CT molecular complexity index is 511. The third-order valence-electron chi connectivity index (χ3n) is 4.17. The summed E-state index contributed by atoms with van der Waals surface area (Å²) in [7, 11) is 1.99. The van der Waals surface area contributed by atoms with Crippen LogP contribution in [0.15, 0.2) is 18.2 Å². The lowest BCUT2D eigenvalue weighted by molar-refractivity contribution is -0.127. The van der Waals surface area contributed by atoms with Crippen LogP contribution in [0, 0.1) is 0 Å². The summed E-state index contributed by atoms with van der Waals surface area (Å²) < 4.78 is 5.90. The first-order chi connectivity index (χ1) is 9.69. The quantitative estimate of drug-likeness (QED) is 0.862. The number of carbonyl (C=O) groups excluding carboxylic acids is 1. The van der Waals surface area contributed by atoms with E-state index in [4.69, 9.17) is 4.74 Å². The van der Waals surface area contributed by atoms with Crippen molar-refractivity contribution in [3.63, 3.8) is 0 Å². The summed E-state index contributed by atoms with van der Waals surface area (Å²) >= 11 is 0. The van der Waals surface area contributed by atoms with E-state index >= 15 is 0 Å². The summed E-state index contributed by atoms with van der Waals surface area (Å²) in [4.78, 5) is 12.0. The highest BCUT2D eigenvalue weighted by Gasteiger charge is 2.28. The van der Waals surface area contributed by atoms with Gasteiger partial charge in [-0.05, 0) is 56.8 Å². The molecular weight excluding hydrogens is 252 g/mol. The van der Waals surface area contributed by atoms with Crippen LogP contribution < -0.4 is 15.4 Å². The van der Waals surface area contributed by atoms with Gasteiger partial charge in [0.05, 0.1) is 0 Å². The number of nitrogens with one attached hydrogen (secondary N) is 2. The van der Waals surface area contributed by atoms with Gasteiger partial charge in [-0.3, -0.25) is 4.79 Å². The smallest absolute Gasteiger partial charge is 0.260 e. The Morgan fingerprint density at radius 2 is 2.15 bits per heavy atom. The molecule has 4 nitrogen and oxygen atoms in total. The molecule has 0 aromatic heterocycles. The molecule has 2 N–H and O–H groups in total. The second kappa shape index (κ2) is 5.44. The van der Waals surface area contributed by atoms with E-state index < -0.39 is 6.10 Å². The second-order valence-electron chi connectivity index (χ2n) is 5.75. The van der Waals surface area contributed by atoms with Gasteiger partial charge in [0.2, 0.25) is 0 Å². The van der Waals surface area contributed by atoms with E-state index in [1.807, 2.05) is 26.1 Å². The average molecular weight is 274 g/mol. The first-order valence-electron chi connectivity index (χ1n) is 7.45. The Labute approximate surface area is 119 Å². The molecule has 1 aromatic rings. The molecule has 1 saturated carbocycles. The van der Waals surface area contributed by atoms with E-state index in [-0.39, 0.29) is 5.91 Å². The second-order valence-corrected chi connectivity index (χ2v) is 5.75. The Hall–Kier alpha value is -1.55. The summed E-state index contributed by atoms with van der Waals surface area (Å²) in [6.45, 7) is 1.82. The summed E-state index contributed by atoms with van der Waals surface area (Å²) in [5.74, 6) is 0.854. The van der Waals surface area contributed by atoms with Crippen molar-refractivity contribution in [3.05, 3.63) is 29.3 Å². The molecule has 1 fully saturated rings. The molecule has 0 radical (unpaired) electrons. The first kappa shape index (κ1) is 13.4. The van der Waals surface area contributed by atoms with Crippen molar-refractivity contribution in [2.45, 2.75) is 50.8 Å². The lowest BCUT2D eigenvalue weighted by atomic mass is 10.1.